The predicted octanol–water partition coefficient (Wildman–Crippen LogP) is 9.80. The Balaban J connectivity index is 3.55. The van der Waals surface area contributed by atoms with Gasteiger partial charge in [-0.15, -0.1) is 0 Å². The molecule has 0 spiro atoms. The predicted molar refractivity (Wildman–Crippen MR) is 151 cm³/mol. The molecule has 1 unspecified atom stereocenters. The van der Waals surface area contributed by atoms with Crippen molar-refractivity contribution >= 4 is 5.97 Å². The molecule has 0 aromatic rings. The van der Waals surface area contributed by atoms with Gasteiger partial charge >= 0.3 is 5.97 Å². The number of hydrogen-bond acceptors (Lipinski definition) is 2. The smallest absolute Gasteiger partial charge is 0.303 e. The summed E-state index contributed by atoms with van der Waals surface area (Å²) in [5, 5.41) is 8.62. The fourth-order valence-corrected chi connectivity index (χ4v) is 4.79. The van der Waals surface area contributed by atoms with Gasteiger partial charge in [0.1, 0.15) is 0 Å². The van der Waals surface area contributed by atoms with Crippen molar-refractivity contribution in [3.8, 4) is 0 Å². The number of hydrogen-bond donors (Lipinski definition) is 1. The zero-order valence-electron chi connectivity index (χ0n) is 23.5. The molecule has 0 saturated heterocycles. The van der Waals surface area contributed by atoms with E-state index in [2.05, 4.69) is 38.1 Å². The highest BCUT2D eigenvalue weighted by Crippen LogP contribution is 2.22. The Morgan fingerprint density at radius 1 is 0.647 bits per heavy atom. The Bertz CT molecular complexity index is 447. The minimum absolute atomic E-state index is 0.330. The lowest BCUT2D eigenvalue weighted by Gasteiger charge is -2.19. The van der Waals surface area contributed by atoms with Crippen molar-refractivity contribution in [2.45, 2.75) is 155 Å². The molecule has 202 valence electrons. The molecule has 0 radical (unpaired) electrons. The van der Waals surface area contributed by atoms with Crippen molar-refractivity contribution in [2.24, 2.45) is 5.92 Å². The summed E-state index contributed by atoms with van der Waals surface area (Å²) in [5.74, 6) is 0.287. The maximum Gasteiger partial charge on any atom is 0.303 e. The first-order chi connectivity index (χ1) is 16.6. The third-order valence-electron chi connectivity index (χ3n) is 7.11. The number of rotatable bonds is 27. The third-order valence-corrected chi connectivity index (χ3v) is 7.11. The summed E-state index contributed by atoms with van der Waals surface area (Å²) < 4.78 is 0. The fourth-order valence-electron chi connectivity index (χ4n) is 4.79. The first-order valence-corrected chi connectivity index (χ1v) is 15.1. The van der Waals surface area contributed by atoms with E-state index >= 15 is 0 Å². The molecule has 1 N–H and O–H groups in total. The van der Waals surface area contributed by atoms with E-state index in [-0.39, 0.29) is 0 Å². The van der Waals surface area contributed by atoms with Crippen LogP contribution in [-0.2, 0) is 4.79 Å². The van der Waals surface area contributed by atoms with Gasteiger partial charge < -0.3 is 10.0 Å². The van der Waals surface area contributed by atoms with Crippen LogP contribution in [0.2, 0.25) is 0 Å². The SMILES string of the molecule is CCCCCCCCC(CCCCCCCCC=CCCCCCCCC(=O)O)CCN(C)C. The van der Waals surface area contributed by atoms with Gasteiger partial charge in [-0.25, -0.2) is 0 Å². The lowest BCUT2D eigenvalue weighted by atomic mass is 9.91. The number of nitrogens with zero attached hydrogens (tertiary/aromatic N) is 1. The van der Waals surface area contributed by atoms with Crippen LogP contribution in [0, 0.1) is 5.92 Å². The average Bonchev–Trinajstić information content (AvgIpc) is 2.80. The van der Waals surface area contributed by atoms with Crippen LogP contribution in [0.25, 0.3) is 0 Å². The lowest BCUT2D eigenvalue weighted by molar-refractivity contribution is -0.137. The van der Waals surface area contributed by atoms with Crippen molar-refractivity contribution in [1.29, 1.82) is 0 Å². The van der Waals surface area contributed by atoms with E-state index < -0.39 is 5.97 Å². The minimum Gasteiger partial charge on any atom is -0.481 e. The molecular formula is C31H61NO2. The summed E-state index contributed by atoms with van der Waals surface area (Å²) in [5.41, 5.74) is 0. The second-order valence-corrected chi connectivity index (χ2v) is 10.9. The van der Waals surface area contributed by atoms with Crippen LogP contribution in [0.3, 0.4) is 0 Å². The van der Waals surface area contributed by atoms with E-state index in [9.17, 15) is 4.79 Å². The highest BCUT2D eigenvalue weighted by atomic mass is 16.4. The summed E-state index contributed by atoms with van der Waals surface area (Å²) in [6, 6.07) is 0. The van der Waals surface area contributed by atoms with E-state index in [4.69, 9.17) is 5.11 Å². The van der Waals surface area contributed by atoms with E-state index in [1.165, 1.54) is 135 Å². The van der Waals surface area contributed by atoms with E-state index in [1.807, 2.05) is 0 Å². The molecule has 0 aliphatic carbocycles. The topological polar surface area (TPSA) is 40.5 Å². The Morgan fingerprint density at radius 3 is 1.56 bits per heavy atom. The molecule has 0 heterocycles. The molecule has 1 atom stereocenters. The molecule has 0 amide bonds. The van der Waals surface area contributed by atoms with E-state index in [1.54, 1.807) is 0 Å². The van der Waals surface area contributed by atoms with E-state index in [0.29, 0.717) is 6.42 Å². The van der Waals surface area contributed by atoms with Crippen molar-refractivity contribution in [3.63, 3.8) is 0 Å². The van der Waals surface area contributed by atoms with Gasteiger partial charge in [-0.05, 0) is 65.1 Å². The highest BCUT2D eigenvalue weighted by molar-refractivity contribution is 5.66. The zero-order chi connectivity index (χ0) is 25.1. The molecule has 0 aliphatic rings. The van der Waals surface area contributed by atoms with Gasteiger partial charge in [0.2, 0.25) is 0 Å². The van der Waals surface area contributed by atoms with Gasteiger partial charge in [-0.3, -0.25) is 4.79 Å². The van der Waals surface area contributed by atoms with Crippen LogP contribution in [0.4, 0.5) is 0 Å². The molecule has 34 heavy (non-hydrogen) atoms. The second kappa shape index (κ2) is 26.8. The van der Waals surface area contributed by atoms with Crippen LogP contribution >= 0.6 is 0 Å². The molecule has 0 rings (SSSR count). The van der Waals surface area contributed by atoms with Gasteiger partial charge in [0.05, 0.1) is 0 Å². The Morgan fingerprint density at radius 2 is 1.09 bits per heavy atom. The lowest BCUT2D eigenvalue weighted by Crippen LogP contribution is -2.17. The Labute approximate surface area is 214 Å². The largest absolute Gasteiger partial charge is 0.481 e. The van der Waals surface area contributed by atoms with Crippen LogP contribution in [0.1, 0.15) is 155 Å². The standard InChI is InChI=1S/C31H61NO2/c1-4-5-6-7-19-22-25-30(28-29-32(2)3)26-23-20-17-15-13-11-9-8-10-12-14-16-18-21-24-27-31(33)34/h8,10,30H,4-7,9,11-29H2,1-3H3,(H,33,34). The maximum atomic E-state index is 10.5. The van der Waals surface area contributed by atoms with Crippen LogP contribution in [0.5, 0.6) is 0 Å². The molecule has 3 nitrogen and oxygen atoms in total. The normalized spacial score (nSPS) is 12.7. The summed E-state index contributed by atoms with van der Waals surface area (Å²) in [7, 11) is 4.43. The maximum absolute atomic E-state index is 10.5. The Kier molecular flexibility index (Phi) is 26.1. The molecular weight excluding hydrogens is 418 g/mol. The number of carboxylic acid groups (broad SMARTS) is 1. The van der Waals surface area contributed by atoms with Crippen molar-refractivity contribution < 1.29 is 9.90 Å². The molecule has 0 aromatic carbocycles. The first-order valence-electron chi connectivity index (χ1n) is 15.1. The average molecular weight is 480 g/mol. The van der Waals surface area contributed by atoms with Gasteiger partial charge in [-0.2, -0.15) is 0 Å². The van der Waals surface area contributed by atoms with Crippen LogP contribution in [-0.4, -0.2) is 36.6 Å². The van der Waals surface area contributed by atoms with Crippen molar-refractivity contribution in [1.82, 2.24) is 4.90 Å². The quantitative estimate of drug-likeness (QED) is 0.0941. The monoisotopic (exact) mass is 479 g/mol. The molecule has 0 bridgehead atoms. The number of unbranched alkanes of at least 4 members (excludes halogenated alkanes) is 16. The number of carbonyl (C=O) groups is 1. The summed E-state index contributed by atoms with van der Waals surface area (Å²) >= 11 is 0. The molecule has 0 fully saturated rings. The first kappa shape index (κ1) is 33.2. The Hall–Kier alpha value is -0.830. The third kappa shape index (κ3) is 27.4. The summed E-state index contributed by atoms with van der Waals surface area (Å²) in [4.78, 5) is 12.8. The van der Waals surface area contributed by atoms with Crippen LogP contribution in [0.15, 0.2) is 12.2 Å². The molecule has 0 aromatic heterocycles. The van der Waals surface area contributed by atoms with Gasteiger partial charge in [0.25, 0.3) is 0 Å². The second-order valence-electron chi connectivity index (χ2n) is 10.9. The highest BCUT2D eigenvalue weighted by Gasteiger charge is 2.09. The van der Waals surface area contributed by atoms with Crippen LogP contribution < -0.4 is 0 Å². The van der Waals surface area contributed by atoms with Gasteiger partial charge in [-0.1, -0.05) is 122 Å². The number of aliphatic carboxylic acids is 1. The molecule has 0 aliphatic heterocycles. The van der Waals surface area contributed by atoms with Gasteiger partial charge in [0.15, 0.2) is 0 Å². The number of carboxylic acids is 1. The van der Waals surface area contributed by atoms with E-state index in [0.717, 1.165) is 18.8 Å². The zero-order valence-corrected chi connectivity index (χ0v) is 23.5. The van der Waals surface area contributed by atoms with Gasteiger partial charge in [0, 0.05) is 6.42 Å². The van der Waals surface area contributed by atoms with Crippen molar-refractivity contribution in [3.05, 3.63) is 12.2 Å². The summed E-state index contributed by atoms with van der Waals surface area (Å²) in [6.45, 7) is 3.55. The molecule has 0 saturated carbocycles. The number of allylic oxidation sites excluding steroid dienone is 2. The van der Waals surface area contributed by atoms with Crippen molar-refractivity contribution in [2.75, 3.05) is 20.6 Å². The fraction of sp³-hybridized carbons (Fsp3) is 0.903. The summed E-state index contributed by atoms with van der Waals surface area (Å²) in [6.07, 6.45) is 34.3. The minimum atomic E-state index is -0.661. The molecule has 3 heteroatoms.